The van der Waals surface area contributed by atoms with Crippen molar-refractivity contribution >= 4 is 6.29 Å². The van der Waals surface area contributed by atoms with Gasteiger partial charge in [-0.1, -0.05) is 0 Å². The van der Waals surface area contributed by atoms with Crippen LogP contribution >= 0.6 is 0 Å². The first-order valence-electron chi connectivity index (χ1n) is 3.82. The van der Waals surface area contributed by atoms with Gasteiger partial charge in [-0.3, -0.25) is 4.79 Å². The summed E-state index contributed by atoms with van der Waals surface area (Å²) in [5.41, 5.74) is -1.02. The Hall–Kier alpha value is -1.72. The van der Waals surface area contributed by atoms with Crippen LogP contribution in [0.15, 0.2) is 0 Å². The molecule has 3 nitrogen and oxygen atoms in total. The van der Waals surface area contributed by atoms with Crippen molar-refractivity contribution in [2.24, 2.45) is 0 Å². The van der Waals surface area contributed by atoms with E-state index >= 15 is 0 Å². The molecule has 0 heterocycles. The average molecular weight is 220 g/mol. The van der Waals surface area contributed by atoms with E-state index in [1.54, 1.807) is 0 Å². The molecule has 0 fully saturated rings. The number of halogens is 3. The highest BCUT2D eigenvalue weighted by Crippen LogP contribution is 2.36. The number of hydrogen-bond donors (Lipinski definition) is 0. The highest BCUT2D eigenvalue weighted by atomic mass is 19.2. The molecule has 0 aliphatic carbocycles. The molecule has 1 rings (SSSR count). The Bertz CT molecular complexity index is 404. The van der Waals surface area contributed by atoms with E-state index in [0.29, 0.717) is 0 Å². The minimum absolute atomic E-state index is 0.129. The molecule has 0 saturated carbocycles. The molecule has 82 valence electrons. The molecule has 0 N–H and O–H groups in total. The molecule has 0 aliphatic heterocycles. The molecular formula is C9H7F3O3. The van der Waals surface area contributed by atoms with Gasteiger partial charge in [0.15, 0.2) is 17.9 Å². The Kier molecular flexibility index (Phi) is 3.18. The van der Waals surface area contributed by atoms with Crippen LogP contribution in [0.25, 0.3) is 0 Å². The molecular weight excluding hydrogens is 213 g/mol. The van der Waals surface area contributed by atoms with E-state index < -0.39 is 34.5 Å². The Morgan fingerprint density at radius 1 is 0.933 bits per heavy atom. The van der Waals surface area contributed by atoms with Gasteiger partial charge < -0.3 is 9.47 Å². The van der Waals surface area contributed by atoms with Gasteiger partial charge in [0, 0.05) is 0 Å². The second kappa shape index (κ2) is 4.20. The fourth-order valence-corrected chi connectivity index (χ4v) is 1.10. The largest absolute Gasteiger partial charge is 0.490 e. The molecule has 0 unspecified atom stereocenters. The average Bonchev–Trinajstić information content (AvgIpc) is 2.23. The fraction of sp³-hybridized carbons (Fsp3) is 0.222. The van der Waals surface area contributed by atoms with Gasteiger partial charge in [-0.15, -0.1) is 0 Å². The number of methoxy groups -OCH3 is 2. The number of carbonyl (C=O) groups excluding carboxylic acids is 1. The van der Waals surface area contributed by atoms with Gasteiger partial charge in [-0.2, -0.15) is 4.39 Å². The lowest BCUT2D eigenvalue weighted by atomic mass is 10.1. The van der Waals surface area contributed by atoms with E-state index in [1.807, 2.05) is 0 Å². The summed E-state index contributed by atoms with van der Waals surface area (Å²) in [7, 11) is 2.08. The minimum atomic E-state index is -1.60. The van der Waals surface area contributed by atoms with E-state index in [4.69, 9.17) is 0 Å². The van der Waals surface area contributed by atoms with Crippen LogP contribution in [0.5, 0.6) is 11.5 Å². The third kappa shape index (κ3) is 1.62. The molecule has 0 radical (unpaired) electrons. The van der Waals surface area contributed by atoms with Gasteiger partial charge in [0.25, 0.3) is 0 Å². The number of rotatable bonds is 3. The summed E-state index contributed by atoms with van der Waals surface area (Å²) in [4.78, 5) is 10.3. The summed E-state index contributed by atoms with van der Waals surface area (Å²) in [5.74, 6) is -5.70. The third-order valence-corrected chi connectivity index (χ3v) is 1.80. The zero-order valence-corrected chi connectivity index (χ0v) is 7.94. The molecule has 0 saturated heterocycles. The molecule has 0 spiro atoms. The van der Waals surface area contributed by atoms with Gasteiger partial charge in [0.1, 0.15) is 0 Å². The Labute approximate surface area is 83.4 Å². The summed E-state index contributed by atoms with van der Waals surface area (Å²) >= 11 is 0. The van der Waals surface area contributed by atoms with Crippen LogP contribution in [-0.2, 0) is 0 Å². The Morgan fingerprint density at radius 3 is 1.80 bits per heavy atom. The molecule has 1 aromatic rings. The highest BCUT2D eigenvalue weighted by molar-refractivity contribution is 5.77. The lowest BCUT2D eigenvalue weighted by molar-refractivity contribution is 0.111. The van der Waals surface area contributed by atoms with E-state index in [0.717, 1.165) is 14.2 Å². The minimum Gasteiger partial charge on any atom is -0.490 e. The van der Waals surface area contributed by atoms with Crippen molar-refractivity contribution in [2.75, 3.05) is 14.2 Å². The third-order valence-electron chi connectivity index (χ3n) is 1.80. The zero-order valence-electron chi connectivity index (χ0n) is 7.94. The number of carbonyl (C=O) groups is 1. The zero-order chi connectivity index (χ0) is 11.6. The second-order valence-electron chi connectivity index (χ2n) is 2.54. The van der Waals surface area contributed by atoms with Crippen molar-refractivity contribution in [2.45, 2.75) is 0 Å². The predicted molar refractivity (Wildman–Crippen MR) is 44.8 cm³/mol. The molecule has 1 aromatic carbocycles. The standard InChI is InChI=1S/C9H7F3O3/c1-14-8-6(11)4(3-13)5(10)7(12)9(8)15-2/h3H,1-2H3. The van der Waals surface area contributed by atoms with Crippen LogP contribution < -0.4 is 9.47 Å². The monoisotopic (exact) mass is 220 g/mol. The van der Waals surface area contributed by atoms with Gasteiger partial charge in [-0.25, -0.2) is 8.78 Å². The molecule has 0 atom stereocenters. The summed E-state index contributed by atoms with van der Waals surface area (Å²) in [6.07, 6.45) is -0.129. The fourth-order valence-electron chi connectivity index (χ4n) is 1.10. The first-order chi connectivity index (χ1) is 7.08. The molecule has 0 aliphatic rings. The molecule has 0 amide bonds. The van der Waals surface area contributed by atoms with Gasteiger partial charge >= 0.3 is 0 Å². The Morgan fingerprint density at radius 2 is 1.40 bits per heavy atom. The normalized spacial score (nSPS) is 9.93. The highest BCUT2D eigenvalue weighted by Gasteiger charge is 2.26. The molecule has 15 heavy (non-hydrogen) atoms. The maximum absolute atomic E-state index is 13.3. The number of benzene rings is 1. The van der Waals surface area contributed by atoms with E-state index in [2.05, 4.69) is 9.47 Å². The topological polar surface area (TPSA) is 35.5 Å². The van der Waals surface area contributed by atoms with Crippen LogP contribution in [0.1, 0.15) is 10.4 Å². The summed E-state index contributed by atoms with van der Waals surface area (Å²) in [6, 6.07) is 0. The van der Waals surface area contributed by atoms with Crippen LogP contribution in [0.4, 0.5) is 13.2 Å². The summed E-state index contributed by atoms with van der Waals surface area (Å²) < 4.78 is 48.4. The Balaban J connectivity index is 3.64. The first-order valence-corrected chi connectivity index (χ1v) is 3.82. The van der Waals surface area contributed by atoms with Crippen molar-refractivity contribution in [3.05, 3.63) is 23.0 Å². The van der Waals surface area contributed by atoms with E-state index in [-0.39, 0.29) is 6.29 Å². The number of hydrogen-bond acceptors (Lipinski definition) is 3. The number of aldehydes is 1. The van der Waals surface area contributed by atoms with Crippen LogP contribution in [0.3, 0.4) is 0 Å². The van der Waals surface area contributed by atoms with Crippen molar-refractivity contribution in [1.29, 1.82) is 0 Å². The maximum atomic E-state index is 13.3. The van der Waals surface area contributed by atoms with Crippen molar-refractivity contribution < 1.29 is 27.4 Å². The van der Waals surface area contributed by atoms with Crippen LogP contribution in [-0.4, -0.2) is 20.5 Å². The SMILES string of the molecule is COc1c(F)c(F)c(C=O)c(F)c1OC. The van der Waals surface area contributed by atoms with Crippen molar-refractivity contribution in [1.82, 2.24) is 0 Å². The van der Waals surface area contributed by atoms with Crippen LogP contribution in [0, 0.1) is 17.5 Å². The molecule has 6 heteroatoms. The van der Waals surface area contributed by atoms with E-state index in [9.17, 15) is 18.0 Å². The number of ether oxygens (including phenoxy) is 2. The second-order valence-corrected chi connectivity index (χ2v) is 2.54. The lowest BCUT2D eigenvalue weighted by Gasteiger charge is -2.11. The first kappa shape index (κ1) is 11.4. The smallest absolute Gasteiger partial charge is 0.205 e. The van der Waals surface area contributed by atoms with Gasteiger partial charge in [0.2, 0.25) is 17.3 Å². The lowest BCUT2D eigenvalue weighted by Crippen LogP contribution is -2.05. The summed E-state index contributed by atoms with van der Waals surface area (Å²) in [5, 5.41) is 0. The quantitative estimate of drug-likeness (QED) is 0.576. The van der Waals surface area contributed by atoms with Gasteiger partial charge in [0.05, 0.1) is 19.8 Å². The van der Waals surface area contributed by atoms with Crippen molar-refractivity contribution in [3.8, 4) is 11.5 Å². The van der Waals surface area contributed by atoms with Crippen molar-refractivity contribution in [3.63, 3.8) is 0 Å². The predicted octanol–water partition coefficient (Wildman–Crippen LogP) is 1.93. The maximum Gasteiger partial charge on any atom is 0.205 e. The molecule has 0 bridgehead atoms. The van der Waals surface area contributed by atoms with Crippen LogP contribution in [0.2, 0.25) is 0 Å². The summed E-state index contributed by atoms with van der Waals surface area (Å²) in [6.45, 7) is 0. The molecule has 0 aromatic heterocycles. The van der Waals surface area contributed by atoms with Gasteiger partial charge in [-0.05, 0) is 0 Å². The van der Waals surface area contributed by atoms with E-state index in [1.165, 1.54) is 0 Å².